The molecule has 1 nitrogen and oxygen atoms in total. The van der Waals surface area contributed by atoms with Gasteiger partial charge in [-0.1, -0.05) is 65.7 Å². The van der Waals surface area contributed by atoms with Crippen LogP contribution in [0.15, 0.2) is 12.4 Å². The van der Waals surface area contributed by atoms with Gasteiger partial charge in [0.15, 0.2) is 0 Å². The molecule has 0 saturated heterocycles. The Morgan fingerprint density at radius 2 is 1.53 bits per heavy atom. The van der Waals surface area contributed by atoms with E-state index in [4.69, 9.17) is 0 Å². The molecule has 1 aromatic rings. The molecular formula is C18H33N. The molecule has 0 spiro atoms. The SMILES string of the molecule is CCCCCCCCCCc1c[nH]cc1C(C)CC. The smallest absolute Gasteiger partial charge is 0.00429 e. The minimum atomic E-state index is 0.704. The van der Waals surface area contributed by atoms with Crippen LogP contribution in [-0.4, -0.2) is 4.98 Å². The summed E-state index contributed by atoms with van der Waals surface area (Å²) >= 11 is 0. The van der Waals surface area contributed by atoms with Crippen molar-refractivity contribution in [1.82, 2.24) is 4.98 Å². The Morgan fingerprint density at radius 1 is 0.895 bits per heavy atom. The van der Waals surface area contributed by atoms with Gasteiger partial charge in [0.25, 0.3) is 0 Å². The van der Waals surface area contributed by atoms with E-state index < -0.39 is 0 Å². The van der Waals surface area contributed by atoms with Gasteiger partial charge >= 0.3 is 0 Å². The van der Waals surface area contributed by atoms with E-state index in [1.165, 1.54) is 64.2 Å². The van der Waals surface area contributed by atoms with Crippen LogP contribution in [0.2, 0.25) is 0 Å². The molecule has 1 atom stereocenters. The summed E-state index contributed by atoms with van der Waals surface area (Å²) in [4.78, 5) is 3.29. The molecule has 19 heavy (non-hydrogen) atoms. The van der Waals surface area contributed by atoms with Crippen molar-refractivity contribution in [3.8, 4) is 0 Å². The van der Waals surface area contributed by atoms with Crippen LogP contribution in [0.4, 0.5) is 0 Å². The van der Waals surface area contributed by atoms with E-state index in [1.54, 1.807) is 11.1 Å². The van der Waals surface area contributed by atoms with Gasteiger partial charge in [0.05, 0.1) is 0 Å². The van der Waals surface area contributed by atoms with Gasteiger partial charge in [-0.15, -0.1) is 0 Å². The average molecular weight is 263 g/mol. The Labute approximate surface area is 120 Å². The van der Waals surface area contributed by atoms with Crippen LogP contribution in [0.3, 0.4) is 0 Å². The second-order valence-electron chi connectivity index (χ2n) is 5.97. The molecule has 1 heterocycles. The summed E-state index contributed by atoms with van der Waals surface area (Å²) < 4.78 is 0. The molecule has 1 heteroatoms. The Hall–Kier alpha value is -0.720. The van der Waals surface area contributed by atoms with Crippen molar-refractivity contribution in [3.63, 3.8) is 0 Å². The second kappa shape index (κ2) is 10.1. The molecule has 0 saturated carbocycles. The van der Waals surface area contributed by atoms with Crippen LogP contribution in [0, 0.1) is 0 Å². The summed E-state index contributed by atoms with van der Waals surface area (Å²) in [6.07, 6.45) is 18.2. The predicted molar refractivity (Wildman–Crippen MR) is 85.8 cm³/mol. The van der Waals surface area contributed by atoms with E-state index in [-0.39, 0.29) is 0 Å². The zero-order chi connectivity index (χ0) is 13.9. The molecule has 0 aliphatic heterocycles. The Kier molecular flexibility index (Phi) is 8.69. The van der Waals surface area contributed by atoms with Crippen LogP contribution in [0.25, 0.3) is 0 Å². The fraction of sp³-hybridized carbons (Fsp3) is 0.778. The summed E-state index contributed by atoms with van der Waals surface area (Å²) in [5, 5.41) is 0. The number of rotatable bonds is 11. The van der Waals surface area contributed by atoms with E-state index in [0.29, 0.717) is 5.92 Å². The van der Waals surface area contributed by atoms with Crippen LogP contribution in [-0.2, 0) is 6.42 Å². The van der Waals surface area contributed by atoms with Gasteiger partial charge in [0.1, 0.15) is 0 Å². The minimum Gasteiger partial charge on any atom is -0.367 e. The third-order valence-electron chi connectivity index (χ3n) is 4.31. The third kappa shape index (κ3) is 6.31. The van der Waals surface area contributed by atoms with Gasteiger partial charge < -0.3 is 4.98 Å². The third-order valence-corrected chi connectivity index (χ3v) is 4.31. The van der Waals surface area contributed by atoms with E-state index in [1.807, 2.05) is 0 Å². The first-order chi connectivity index (χ1) is 9.29. The van der Waals surface area contributed by atoms with Crippen molar-refractivity contribution < 1.29 is 0 Å². The number of aromatic nitrogens is 1. The molecule has 0 aliphatic rings. The molecule has 1 aromatic heterocycles. The topological polar surface area (TPSA) is 15.8 Å². The largest absolute Gasteiger partial charge is 0.367 e. The lowest BCUT2D eigenvalue weighted by Gasteiger charge is -2.09. The van der Waals surface area contributed by atoms with Gasteiger partial charge in [-0.25, -0.2) is 0 Å². The maximum absolute atomic E-state index is 3.29. The lowest BCUT2D eigenvalue weighted by Crippen LogP contribution is -1.95. The highest BCUT2D eigenvalue weighted by Crippen LogP contribution is 2.24. The van der Waals surface area contributed by atoms with Gasteiger partial charge in [0.2, 0.25) is 0 Å². The van der Waals surface area contributed by atoms with Crippen LogP contribution >= 0.6 is 0 Å². The van der Waals surface area contributed by atoms with Crippen LogP contribution in [0.5, 0.6) is 0 Å². The molecule has 0 bridgehead atoms. The molecule has 1 N–H and O–H groups in total. The lowest BCUT2D eigenvalue weighted by molar-refractivity contribution is 0.574. The number of H-pyrrole nitrogens is 1. The molecular weight excluding hydrogens is 230 g/mol. The molecule has 0 aliphatic carbocycles. The van der Waals surface area contributed by atoms with Crippen molar-refractivity contribution in [2.24, 2.45) is 0 Å². The van der Waals surface area contributed by atoms with E-state index >= 15 is 0 Å². The molecule has 0 amide bonds. The molecule has 0 aromatic carbocycles. The number of hydrogen-bond donors (Lipinski definition) is 1. The summed E-state index contributed by atoms with van der Waals surface area (Å²) in [5.74, 6) is 0.704. The Balaban J connectivity index is 2.11. The number of aryl methyl sites for hydroxylation is 1. The zero-order valence-corrected chi connectivity index (χ0v) is 13.3. The van der Waals surface area contributed by atoms with E-state index in [2.05, 4.69) is 38.1 Å². The average Bonchev–Trinajstić information content (AvgIpc) is 2.89. The Bertz CT molecular complexity index is 313. The maximum atomic E-state index is 3.29. The van der Waals surface area contributed by atoms with Crippen molar-refractivity contribution in [2.75, 3.05) is 0 Å². The first kappa shape index (κ1) is 16.3. The highest BCUT2D eigenvalue weighted by atomic mass is 14.6. The first-order valence-electron chi connectivity index (χ1n) is 8.45. The molecule has 0 fully saturated rings. The maximum Gasteiger partial charge on any atom is 0.00429 e. The normalized spacial score (nSPS) is 12.8. The fourth-order valence-electron chi connectivity index (χ4n) is 2.75. The molecule has 1 rings (SSSR count). The van der Waals surface area contributed by atoms with Crippen LogP contribution < -0.4 is 0 Å². The zero-order valence-electron chi connectivity index (χ0n) is 13.3. The Morgan fingerprint density at radius 3 is 2.16 bits per heavy atom. The molecule has 0 radical (unpaired) electrons. The summed E-state index contributed by atoms with van der Waals surface area (Å²) in [5.41, 5.74) is 3.10. The first-order valence-corrected chi connectivity index (χ1v) is 8.45. The predicted octanol–water partition coefficient (Wildman–Crippen LogP) is 6.21. The lowest BCUT2D eigenvalue weighted by atomic mass is 9.95. The second-order valence-corrected chi connectivity index (χ2v) is 5.97. The van der Waals surface area contributed by atoms with Gasteiger partial charge in [0, 0.05) is 12.4 Å². The highest BCUT2D eigenvalue weighted by Gasteiger charge is 2.09. The molecule has 110 valence electrons. The van der Waals surface area contributed by atoms with Gasteiger partial charge in [-0.3, -0.25) is 0 Å². The van der Waals surface area contributed by atoms with E-state index in [0.717, 1.165) is 0 Å². The highest BCUT2D eigenvalue weighted by molar-refractivity contribution is 5.26. The summed E-state index contributed by atoms with van der Waals surface area (Å²) in [6.45, 7) is 6.89. The quantitative estimate of drug-likeness (QED) is 0.457. The summed E-state index contributed by atoms with van der Waals surface area (Å²) in [6, 6.07) is 0. The van der Waals surface area contributed by atoms with E-state index in [9.17, 15) is 0 Å². The van der Waals surface area contributed by atoms with Crippen molar-refractivity contribution >= 4 is 0 Å². The van der Waals surface area contributed by atoms with Crippen molar-refractivity contribution in [1.29, 1.82) is 0 Å². The van der Waals surface area contributed by atoms with Crippen molar-refractivity contribution in [3.05, 3.63) is 23.5 Å². The minimum absolute atomic E-state index is 0.704. The summed E-state index contributed by atoms with van der Waals surface area (Å²) in [7, 11) is 0. The van der Waals surface area contributed by atoms with Gasteiger partial charge in [-0.05, 0) is 36.3 Å². The van der Waals surface area contributed by atoms with Crippen molar-refractivity contribution in [2.45, 2.75) is 90.9 Å². The molecule has 1 unspecified atom stereocenters. The fourth-order valence-corrected chi connectivity index (χ4v) is 2.75. The number of unbranched alkanes of at least 4 members (excludes halogenated alkanes) is 7. The van der Waals surface area contributed by atoms with Crippen LogP contribution in [0.1, 0.15) is 95.6 Å². The monoisotopic (exact) mass is 263 g/mol. The number of hydrogen-bond acceptors (Lipinski definition) is 0. The van der Waals surface area contributed by atoms with Gasteiger partial charge in [-0.2, -0.15) is 0 Å². The number of aromatic amines is 1. The standard InChI is InChI=1S/C18H33N/c1-4-6-7-8-9-10-11-12-13-17-14-19-15-18(17)16(3)5-2/h14-16,19H,4-13H2,1-3H3. The number of nitrogens with one attached hydrogen (secondary N) is 1.